The van der Waals surface area contributed by atoms with Crippen LogP contribution in [0.15, 0.2) is 72.8 Å². The van der Waals surface area contributed by atoms with Gasteiger partial charge in [-0.3, -0.25) is 9.10 Å². The van der Waals surface area contributed by atoms with Gasteiger partial charge in [0.15, 0.2) is 0 Å². The molecule has 1 N–H and O–H groups in total. The number of hydrogen-bond donors (Lipinski definition) is 1. The van der Waals surface area contributed by atoms with Gasteiger partial charge in [-0.2, -0.15) is 0 Å². The molecule has 0 aromatic heterocycles. The Kier molecular flexibility index (Phi) is 6.36. The molecule has 5 rings (SSSR count). The van der Waals surface area contributed by atoms with E-state index in [2.05, 4.69) is 17.4 Å². The van der Waals surface area contributed by atoms with Gasteiger partial charge in [-0.1, -0.05) is 48.0 Å². The summed E-state index contributed by atoms with van der Waals surface area (Å²) in [6.07, 6.45) is 3.18. The highest BCUT2D eigenvalue weighted by Crippen LogP contribution is 2.36. The third kappa shape index (κ3) is 4.64. The van der Waals surface area contributed by atoms with Crippen LogP contribution >= 0.6 is 11.6 Å². The minimum atomic E-state index is -3.64. The number of carbonyl (C=O) groups is 1. The maximum absolute atomic E-state index is 13.0. The number of ether oxygens (including phenoxy) is 1. The van der Waals surface area contributed by atoms with Gasteiger partial charge < -0.3 is 10.1 Å². The van der Waals surface area contributed by atoms with Crippen molar-refractivity contribution in [2.45, 2.75) is 19.4 Å². The molecule has 8 heteroatoms. The smallest absolute Gasteiger partial charge is 0.255 e. The number of methoxy groups -OCH3 is 1. The van der Waals surface area contributed by atoms with E-state index in [1.54, 1.807) is 42.5 Å². The Morgan fingerprint density at radius 1 is 1.00 bits per heavy atom. The number of nitrogens with one attached hydrogen (secondary N) is 1. The molecule has 0 aliphatic heterocycles. The van der Waals surface area contributed by atoms with Crippen LogP contribution in [0.2, 0.25) is 5.02 Å². The Morgan fingerprint density at radius 3 is 2.42 bits per heavy atom. The summed E-state index contributed by atoms with van der Waals surface area (Å²) in [6.45, 7) is 0.0618. The third-order valence-electron chi connectivity index (χ3n) is 6.48. The molecule has 0 saturated heterocycles. The van der Waals surface area contributed by atoms with E-state index in [1.807, 2.05) is 18.2 Å². The van der Waals surface area contributed by atoms with E-state index in [1.165, 1.54) is 27.9 Å². The zero-order valence-corrected chi connectivity index (χ0v) is 21.5. The largest absolute Gasteiger partial charge is 0.495 e. The fraction of sp³-hybridized carbons (Fsp3) is 0.179. The Labute approximate surface area is 215 Å². The summed E-state index contributed by atoms with van der Waals surface area (Å²) in [6, 6.07) is 22.0. The van der Waals surface area contributed by atoms with Crippen LogP contribution in [0.3, 0.4) is 0 Å². The zero-order valence-electron chi connectivity index (χ0n) is 19.9. The average Bonchev–Trinajstić information content (AvgIpc) is 3.28. The lowest BCUT2D eigenvalue weighted by Gasteiger charge is -2.24. The van der Waals surface area contributed by atoms with E-state index in [0.29, 0.717) is 27.6 Å². The van der Waals surface area contributed by atoms with E-state index < -0.39 is 10.0 Å². The monoisotopic (exact) mass is 520 g/mol. The van der Waals surface area contributed by atoms with Crippen molar-refractivity contribution in [3.8, 4) is 5.75 Å². The number of hydrogen-bond acceptors (Lipinski definition) is 4. The number of amides is 1. The van der Waals surface area contributed by atoms with E-state index in [4.69, 9.17) is 16.3 Å². The second kappa shape index (κ2) is 9.48. The Morgan fingerprint density at radius 2 is 1.72 bits per heavy atom. The normalized spacial score (nSPS) is 12.5. The van der Waals surface area contributed by atoms with Crippen LogP contribution < -0.4 is 14.4 Å². The first kappa shape index (κ1) is 24.2. The van der Waals surface area contributed by atoms with Crippen molar-refractivity contribution < 1.29 is 17.9 Å². The molecule has 0 spiro atoms. The number of nitrogens with zero attached hydrogens (tertiary/aromatic N) is 1. The van der Waals surface area contributed by atoms with Gasteiger partial charge in [0.1, 0.15) is 5.75 Å². The summed E-state index contributed by atoms with van der Waals surface area (Å²) in [5, 5.41) is 5.72. The fourth-order valence-corrected chi connectivity index (χ4v) is 5.77. The van der Waals surface area contributed by atoms with Gasteiger partial charge in [0.05, 0.1) is 25.6 Å². The van der Waals surface area contributed by atoms with Crippen molar-refractivity contribution in [3.63, 3.8) is 0 Å². The molecule has 1 amide bonds. The van der Waals surface area contributed by atoms with Crippen LogP contribution in [0, 0.1) is 0 Å². The summed E-state index contributed by atoms with van der Waals surface area (Å²) in [5.74, 6) is 0.169. The average molecular weight is 521 g/mol. The fourth-order valence-electron chi connectivity index (χ4n) is 4.72. The summed E-state index contributed by atoms with van der Waals surface area (Å²) >= 11 is 6.13. The van der Waals surface area contributed by atoms with Crippen LogP contribution in [0.4, 0.5) is 11.4 Å². The van der Waals surface area contributed by atoms with E-state index in [0.717, 1.165) is 30.2 Å². The molecule has 0 radical (unpaired) electrons. The maximum Gasteiger partial charge on any atom is 0.255 e. The summed E-state index contributed by atoms with van der Waals surface area (Å²) < 4.78 is 31.8. The summed E-state index contributed by atoms with van der Waals surface area (Å²) in [5.41, 5.74) is 4.95. The molecule has 0 saturated carbocycles. The molecule has 0 bridgehead atoms. The molecule has 0 unspecified atom stereocenters. The predicted octanol–water partition coefficient (Wildman–Crippen LogP) is 5.82. The highest BCUT2D eigenvalue weighted by Gasteiger charge is 2.22. The van der Waals surface area contributed by atoms with Crippen LogP contribution in [0.1, 0.15) is 27.0 Å². The minimum Gasteiger partial charge on any atom is -0.495 e. The minimum absolute atomic E-state index is 0.0618. The molecular formula is C28H25ClN2O4S. The Hall–Kier alpha value is -3.55. The SMILES string of the molecule is COc1ccc(Cl)cc1N(Cc1ccc(C(=O)Nc2ccc3c4c(cccc24)CC3)cc1)S(C)(=O)=O. The predicted molar refractivity (Wildman–Crippen MR) is 145 cm³/mol. The van der Waals surface area contributed by atoms with Gasteiger partial charge in [-0.15, -0.1) is 0 Å². The van der Waals surface area contributed by atoms with Crippen molar-refractivity contribution in [1.82, 2.24) is 0 Å². The molecule has 1 aliphatic carbocycles. The first-order chi connectivity index (χ1) is 17.2. The van der Waals surface area contributed by atoms with Crippen molar-refractivity contribution in [2.24, 2.45) is 0 Å². The molecule has 6 nitrogen and oxygen atoms in total. The number of carbonyl (C=O) groups excluding carboxylic acids is 1. The van der Waals surface area contributed by atoms with Gasteiger partial charge in [-0.05, 0) is 71.3 Å². The van der Waals surface area contributed by atoms with Gasteiger partial charge in [0.25, 0.3) is 5.91 Å². The first-order valence-electron chi connectivity index (χ1n) is 11.5. The first-order valence-corrected chi connectivity index (χ1v) is 13.7. The quantitative estimate of drug-likeness (QED) is 0.333. The Bertz CT molecular complexity index is 1570. The highest BCUT2D eigenvalue weighted by atomic mass is 35.5. The zero-order chi connectivity index (χ0) is 25.4. The van der Waals surface area contributed by atoms with Crippen LogP contribution in [-0.2, 0) is 29.4 Å². The van der Waals surface area contributed by atoms with Gasteiger partial charge in [0.2, 0.25) is 10.0 Å². The number of rotatable bonds is 7. The van der Waals surface area contributed by atoms with Gasteiger partial charge in [0, 0.05) is 21.7 Å². The molecule has 4 aromatic rings. The highest BCUT2D eigenvalue weighted by molar-refractivity contribution is 7.92. The van der Waals surface area contributed by atoms with Crippen molar-refractivity contribution in [3.05, 3.63) is 100 Å². The standard InChI is InChI=1S/C28H25ClN2O4S/c1-35-26-15-13-22(29)16-25(26)31(36(2,33)34)17-18-6-8-21(9-7-18)28(32)30-24-14-12-20-11-10-19-4-3-5-23(24)27(19)20/h3-9,12-16H,10-11,17H2,1-2H3,(H,30,32). The van der Waals surface area contributed by atoms with Gasteiger partial charge in [-0.25, -0.2) is 8.42 Å². The Balaban J connectivity index is 1.38. The molecule has 0 heterocycles. The molecule has 4 aromatic carbocycles. The topological polar surface area (TPSA) is 75.7 Å². The van der Waals surface area contributed by atoms with Crippen molar-refractivity contribution in [1.29, 1.82) is 0 Å². The number of halogens is 1. The number of sulfonamides is 1. The van der Waals surface area contributed by atoms with Gasteiger partial charge >= 0.3 is 0 Å². The van der Waals surface area contributed by atoms with E-state index in [9.17, 15) is 13.2 Å². The molecule has 36 heavy (non-hydrogen) atoms. The van der Waals surface area contributed by atoms with Crippen LogP contribution in [-0.4, -0.2) is 27.7 Å². The lowest BCUT2D eigenvalue weighted by atomic mass is 10.0. The second-order valence-corrected chi connectivity index (χ2v) is 11.2. The number of aryl methyl sites for hydroxylation is 2. The molecule has 0 fully saturated rings. The summed E-state index contributed by atoms with van der Waals surface area (Å²) in [7, 11) is -2.17. The molecule has 184 valence electrons. The number of benzene rings is 4. The lowest BCUT2D eigenvalue weighted by molar-refractivity contribution is 0.102. The number of anilines is 2. The lowest BCUT2D eigenvalue weighted by Crippen LogP contribution is -2.29. The summed E-state index contributed by atoms with van der Waals surface area (Å²) in [4.78, 5) is 13.0. The van der Waals surface area contributed by atoms with Crippen molar-refractivity contribution >= 4 is 49.7 Å². The van der Waals surface area contributed by atoms with Crippen LogP contribution in [0.25, 0.3) is 10.8 Å². The third-order valence-corrected chi connectivity index (χ3v) is 7.84. The molecule has 0 atom stereocenters. The second-order valence-electron chi connectivity index (χ2n) is 8.85. The molecule has 1 aliphatic rings. The van der Waals surface area contributed by atoms with E-state index in [-0.39, 0.29) is 12.5 Å². The molecular weight excluding hydrogens is 496 g/mol. The van der Waals surface area contributed by atoms with Crippen molar-refractivity contribution in [2.75, 3.05) is 23.0 Å². The van der Waals surface area contributed by atoms with Crippen LogP contribution in [0.5, 0.6) is 5.75 Å². The maximum atomic E-state index is 13.0. The van der Waals surface area contributed by atoms with E-state index >= 15 is 0 Å².